The van der Waals surface area contributed by atoms with Crippen LogP contribution in [0.5, 0.6) is 0 Å². The summed E-state index contributed by atoms with van der Waals surface area (Å²) in [5.41, 5.74) is 2.94. The summed E-state index contributed by atoms with van der Waals surface area (Å²) in [5.74, 6) is 2.10. The van der Waals surface area contributed by atoms with E-state index in [1.165, 1.54) is 25.2 Å². The number of amides is 1. The molecule has 1 aliphatic heterocycles. The molecule has 1 amide bonds. The van der Waals surface area contributed by atoms with E-state index in [1.807, 2.05) is 36.7 Å². The Bertz CT molecular complexity index is 1000. The summed E-state index contributed by atoms with van der Waals surface area (Å²) in [7, 11) is 0. The number of fused-ring (bicyclic) bond motifs is 1. The van der Waals surface area contributed by atoms with Crippen LogP contribution in [-0.4, -0.2) is 59.5 Å². The highest BCUT2D eigenvalue weighted by atomic mass is 16.1. The van der Waals surface area contributed by atoms with E-state index < -0.39 is 0 Å². The summed E-state index contributed by atoms with van der Waals surface area (Å²) in [6.07, 6.45) is 9.18. The molecule has 0 aromatic carbocycles. The van der Waals surface area contributed by atoms with Gasteiger partial charge in [0.1, 0.15) is 5.82 Å². The fraction of sp³-hybridized carbons (Fsp3) is 0.417. The van der Waals surface area contributed by atoms with Crippen molar-refractivity contribution in [2.75, 3.05) is 44.2 Å². The van der Waals surface area contributed by atoms with E-state index in [1.54, 1.807) is 6.20 Å². The Morgan fingerprint density at radius 2 is 1.90 bits per heavy atom. The maximum Gasteiger partial charge on any atom is 0.252 e. The number of nitrogens with one attached hydrogen (secondary N) is 1. The minimum Gasteiger partial charge on any atom is -0.355 e. The predicted molar refractivity (Wildman–Crippen MR) is 119 cm³/mol. The molecule has 1 saturated heterocycles. The van der Waals surface area contributed by atoms with Crippen molar-refractivity contribution in [1.82, 2.24) is 19.6 Å². The number of aromatic nitrogens is 2. The molecule has 30 heavy (non-hydrogen) atoms. The van der Waals surface area contributed by atoms with Crippen LogP contribution in [0.25, 0.3) is 5.52 Å². The maximum absolute atomic E-state index is 12.7. The molecule has 0 radical (unpaired) electrons. The van der Waals surface area contributed by atoms with E-state index >= 15 is 0 Å². The monoisotopic (exact) mass is 403 g/mol. The Hall–Kier alpha value is -2.86. The SMILES string of the molecule is O=C(NCCc1cccnc1)c1ccc2ccc(N3CCN(CC4CC4)CC3)n2c1. The number of pyridine rings is 2. The number of carbonyl (C=O) groups excluding carboxylic acids is 1. The van der Waals surface area contributed by atoms with Gasteiger partial charge >= 0.3 is 0 Å². The Morgan fingerprint density at radius 1 is 1.07 bits per heavy atom. The van der Waals surface area contributed by atoms with E-state index in [0.717, 1.165) is 49.6 Å². The van der Waals surface area contributed by atoms with E-state index in [2.05, 4.69) is 36.6 Å². The molecule has 1 aliphatic carbocycles. The lowest BCUT2D eigenvalue weighted by molar-refractivity contribution is 0.0953. The Morgan fingerprint density at radius 3 is 2.67 bits per heavy atom. The summed E-state index contributed by atoms with van der Waals surface area (Å²) in [6, 6.07) is 12.2. The van der Waals surface area contributed by atoms with E-state index in [9.17, 15) is 4.79 Å². The highest BCUT2D eigenvalue weighted by Crippen LogP contribution is 2.30. The third-order valence-electron chi connectivity index (χ3n) is 6.22. The number of anilines is 1. The second-order valence-electron chi connectivity index (χ2n) is 8.50. The van der Waals surface area contributed by atoms with Crippen molar-refractivity contribution in [2.24, 2.45) is 5.92 Å². The number of piperazine rings is 1. The van der Waals surface area contributed by atoms with Gasteiger partial charge in [-0.2, -0.15) is 0 Å². The fourth-order valence-corrected chi connectivity index (χ4v) is 4.27. The molecule has 2 fully saturated rings. The van der Waals surface area contributed by atoms with Crippen LogP contribution in [0, 0.1) is 5.92 Å². The summed E-state index contributed by atoms with van der Waals surface area (Å²) < 4.78 is 2.16. The summed E-state index contributed by atoms with van der Waals surface area (Å²) >= 11 is 0. The van der Waals surface area contributed by atoms with E-state index in [4.69, 9.17) is 0 Å². The molecule has 4 heterocycles. The zero-order valence-electron chi connectivity index (χ0n) is 17.3. The summed E-state index contributed by atoms with van der Waals surface area (Å²) in [5, 5.41) is 3.03. The molecule has 3 aromatic rings. The minimum absolute atomic E-state index is 0.0327. The molecule has 1 N–H and O–H groups in total. The van der Waals surface area contributed by atoms with Gasteiger partial charge in [0.25, 0.3) is 5.91 Å². The van der Waals surface area contributed by atoms with Gasteiger partial charge in [0.15, 0.2) is 0 Å². The van der Waals surface area contributed by atoms with Gasteiger partial charge < -0.3 is 14.6 Å². The molecule has 0 atom stereocenters. The molecule has 6 nitrogen and oxygen atoms in total. The number of hydrogen-bond acceptors (Lipinski definition) is 4. The molecule has 3 aromatic heterocycles. The lowest BCUT2D eigenvalue weighted by Crippen LogP contribution is -2.47. The van der Waals surface area contributed by atoms with Gasteiger partial charge in [-0.05, 0) is 61.1 Å². The molecule has 0 unspecified atom stereocenters. The Labute approximate surface area is 177 Å². The van der Waals surface area contributed by atoms with Crippen molar-refractivity contribution < 1.29 is 4.79 Å². The standard InChI is InChI=1S/C24H29N5O/c30-24(26-11-9-19-2-1-10-25-16-19)21-5-6-22-7-8-23(29(22)18-21)28-14-12-27(13-15-28)17-20-3-4-20/h1-2,5-8,10,16,18,20H,3-4,9,11-15,17H2,(H,26,30). The first-order valence-corrected chi connectivity index (χ1v) is 11.0. The second-order valence-corrected chi connectivity index (χ2v) is 8.50. The second kappa shape index (κ2) is 8.48. The van der Waals surface area contributed by atoms with Crippen molar-refractivity contribution >= 4 is 17.2 Å². The van der Waals surface area contributed by atoms with Gasteiger partial charge in [-0.1, -0.05) is 6.07 Å². The van der Waals surface area contributed by atoms with Crippen LogP contribution in [0.4, 0.5) is 5.82 Å². The van der Waals surface area contributed by atoms with Crippen LogP contribution < -0.4 is 10.2 Å². The number of nitrogens with zero attached hydrogens (tertiary/aromatic N) is 4. The van der Waals surface area contributed by atoms with Crippen molar-refractivity contribution in [3.05, 3.63) is 66.1 Å². The third kappa shape index (κ3) is 4.33. The predicted octanol–water partition coefficient (Wildman–Crippen LogP) is 2.84. The van der Waals surface area contributed by atoms with Gasteiger partial charge in [0, 0.05) is 63.4 Å². The first-order chi connectivity index (χ1) is 14.8. The third-order valence-corrected chi connectivity index (χ3v) is 6.22. The Kier molecular flexibility index (Phi) is 5.41. The molecule has 156 valence electrons. The summed E-state index contributed by atoms with van der Waals surface area (Å²) in [6.45, 7) is 6.20. The van der Waals surface area contributed by atoms with Crippen LogP contribution in [0.15, 0.2) is 55.0 Å². The van der Waals surface area contributed by atoms with Crippen molar-refractivity contribution in [3.8, 4) is 0 Å². The lowest BCUT2D eigenvalue weighted by atomic mass is 10.2. The molecule has 2 aliphatic rings. The van der Waals surface area contributed by atoms with Gasteiger partial charge in [-0.3, -0.25) is 14.7 Å². The molecular formula is C24H29N5O. The molecular weight excluding hydrogens is 374 g/mol. The Balaban J connectivity index is 1.23. The normalized spacial score (nSPS) is 17.4. The van der Waals surface area contributed by atoms with Crippen LogP contribution >= 0.6 is 0 Å². The van der Waals surface area contributed by atoms with Crippen LogP contribution in [0.3, 0.4) is 0 Å². The van der Waals surface area contributed by atoms with E-state index in [-0.39, 0.29) is 5.91 Å². The molecule has 6 heteroatoms. The number of rotatable bonds is 7. The molecule has 0 bridgehead atoms. The lowest BCUT2D eigenvalue weighted by Gasteiger charge is -2.35. The van der Waals surface area contributed by atoms with Gasteiger partial charge in [-0.15, -0.1) is 0 Å². The van der Waals surface area contributed by atoms with Crippen LogP contribution in [0.2, 0.25) is 0 Å². The fourth-order valence-electron chi connectivity index (χ4n) is 4.27. The molecule has 0 spiro atoms. The number of hydrogen-bond donors (Lipinski definition) is 1. The maximum atomic E-state index is 12.7. The zero-order valence-corrected chi connectivity index (χ0v) is 17.3. The van der Waals surface area contributed by atoms with Crippen molar-refractivity contribution in [2.45, 2.75) is 19.3 Å². The van der Waals surface area contributed by atoms with Gasteiger partial charge in [-0.25, -0.2) is 0 Å². The van der Waals surface area contributed by atoms with Crippen molar-refractivity contribution in [1.29, 1.82) is 0 Å². The van der Waals surface area contributed by atoms with Crippen LogP contribution in [0.1, 0.15) is 28.8 Å². The largest absolute Gasteiger partial charge is 0.355 e. The topological polar surface area (TPSA) is 52.9 Å². The number of carbonyl (C=O) groups is 1. The quantitative estimate of drug-likeness (QED) is 0.659. The molecule has 1 saturated carbocycles. The first-order valence-electron chi connectivity index (χ1n) is 11.0. The first kappa shape index (κ1) is 19.1. The average Bonchev–Trinajstić information content (AvgIpc) is 3.50. The highest BCUT2D eigenvalue weighted by Gasteiger charge is 2.27. The van der Waals surface area contributed by atoms with Crippen LogP contribution in [-0.2, 0) is 6.42 Å². The zero-order chi connectivity index (χ0) is 20.3. The smallest absolute Gasteiger partial charge is 0.252 e. The molecule has 5 rings (SSSR count). The van der Waals surface area contributed by atoms with E-state index in [0.29, 0.717) is 12.1 Å². The van der Waals surface area contributed by atoms with Crippen molar-refractivity contribution in [3.63, 3.8) is 0 Å². The summed E-state index contributed by atoms with van der Waals surface area (Å²) in [4.78, 5) is 21.8. The van der Waals surface area contributed by atoms with Gasteiger partial charge in [0.05, 0.1) is 5.56 Å². The average molecular weight is 404 g/mol. The van der Waals surface area contributed by atoms with Gasteiger partial charge in [0.2, 0.25) is 0 Å². The highest BCUT2D eigenvalue weighted by molar-refractivity contribution is 5.94. The minimum atomic E-state index is -0.0327.